The second-order valence-electron chi connectivity index (χ2n) is 35.1. The summed E-state index contributed by atoms with van der Waals surface area (Å²) in [6.45, 7) is 20.7. The summed E-state index contributed by atoms with van der Waals surface area (Å²) >= 11 is 0. The van der Waals surface area contributed by atoms with E-state index < -0.39 is 10.8 Å². The molecule has 0 N–H and O–H groups in total. The van der Waals surface area contributed by atoms with Gasteiger partial charge in [-0.15, -0.1) is 0 Å². The summed E-state index contributed by atoms with van der Waals surface area (Å²) < 4.78 is 2.45. The predicted octanol–water partition coefficient (Wildman–Crippen LogP) is 34.1. The van der Waals surface area contributed by atoms with E-state index in [1.807, 2.05) is 24.3 Å². The Balaban J connectivity index is 0.611. The van der Waals surface area contributed by atoms with Crippen molar-refractivity contribution in [3.8, 4) is 117 Å². The SMILES string of the molecule is C=Cc1ccc(-c2cc(-c3ccc(C=C)cc3)cc(-c3ccc(C4(c5ccc(-c6ccc(N(c7ccc(-c8ccc(C9(c%10ccc(-c%11cc(-c%12ccc(C=C)cc%12)cc(-c%12ccc(C=C)cc%12)c%11)cc%10)c%10ccccc%10-c%10ccccc%109)cc8)cc7)c7ccc(-n8c9ccccc9c9ccc(CC(C)C)cc98)cc7)cc6)cc5)c5ccccc5-c5ccccc54)cc3)c2)cc1. The van der Waals surface area contributed by atoms with Crippen LogP contribution in [0, 0.1) is 5.92 Å². The van der Waals surface area contributed by atoms with Crippen LogP contribution >= 0.6 is 0 Å². The summed E-state index contributed by atoms with van der Waals surface area (Å²) in [4.78, 5) is 2.41. The molecule has 2 heteroatoms. The Morgan fingerprint density at radius 1 is 0.238 bits per heavy atom. The summed E-state index contributed by atoms with van der Waals surface area (Å²) in [5.41, 5.74) is 44.5. The van der Waals surface area contributed by atoms with Crippen LogP contribution in [0.4, 0.5) is 17.1 Å². The van der Waals surface area contributed by atoms with Crippen molar-refractivity contribution in [1.82, 2.24) is 4.57 Å². The van der Waals surface area contributed by atoms with Gasteiger partial charge in [0.05, 0.1) is 21.9 Å². The second kappa shape index (κ2) is 33.3. The Morgan fingerprint density at radius 2 is 0.485 bits per heavy atom. The molecule has 0 bridgehead atoms. The van der Waals surface area contributed by atoms with Crippen molar-refractivity contribution in [2.45, 2.75) is 31.1 Å². The van der Waals surface area contributed by atoms with Crippen molar-refractivity contribution < 1.29 is 0 Å². The lowest BCUT2D eigenvalue weighted by atomic mass is 9.67. The van der Waals surface area contributed by atoms with Crippen molar-refractivity contribution in [2.24, 2.45) is 5.92 Å². The van der Waals surface area contributed by atoms with E-state index in [4.69, 9.17) is 0 Å². The molecule has 19 aromatic carbocycles. The van der Waals surface area contributed by atoms with Crippen LogP contribution in [-0.4, -0.2) is 4.57 Å². The maximum absolute atomic E-state index is 4.03. The highest BCUT2D eigenvalue weighted by atomic mass is 15.1. The van der Waals surface area contributed by atoms with Crippen LogP contribution in [0.15, 0.2) is 469 Å². The fraction of sp³-hybridized carbons (Fsp3) is 0.0469. The van der Waals surface area contributed by atoms with Crippen LogP contribution in [0.1, 0.15) is 86.2 Å². The highest BCUT2D eigenvalue weighted by molar-refractivity contribution is 6.09. The third-order valence-electron chi connectivity index (χ3n) is 27.3. The summed E-state index contributed by atoms with van der Waals surface area (Å²) in [7, 11) is 0. The van der Waals surface area contributed by atoms with Crippen LogP contribution in [0.25, 0.3) is 163 Å². The first-order valence-electron chi connectivity index (χ1n) is 45.2. The molecule has 1 heterocycles. The fourth-order valence-electron chi connectivity index (χ4n) is 20.9. The summed E-state index contributed by atoms with van der Waals surface area (Å²) in [6, 6.07) is 166. The zero-order valence-electron chi connectivity index (χ0n) is 73.0. The van der Waals surface area contributed by atoms with E-state index >= 15 is 0 Å². The van der Waals surface area contributed by atoms with E-state index in [2.05, 4.69) is 492 Å². The van der Waals surface area contributed by atoms with Gasteiger partial charge < -0.3 is 9.47 Å². The van der Waals surface area contributed by atoms with Gasteiger partial charge in [-0.1, -0.05) is 410 Å². The van der Waals surface area contributed by atoms with E-state index in [1.54, 1.807) is 0 Å². The molecule has 2 aliphatic rings. The van der Waals surface area contributed by atoms with E-state index in [9.17, 15) is 0 Å². The lowest BCUT2D eigenvalue weighted by Gasteiger charge is -2.34. The lowest BCUT2D eigenvalue weighted by Crippen LogP contribution is -2.28. The van der Waals surface area contributed by atoms with Gasteiger partial charge in [0.2, 0.25) is 0 Å². The molecule has 0 saturated heterocycles. The molecule has 2 nitrogen and oxygen atoms in total. The van der Waals surface area contributed by atoms with E-state index in [1.165, 1.54) is 94.1 Å². The van der Waals surface area contributed by atoms with Gasteiger partial charge in [-0.05, 0) is 293 Å². The van der Waals surface area contributed by atoms with Crippen molar-refractivity contribution in [1.29, 1.82) is 0 Å². The number of benzene rings is 19. The number of nitrogens with zero attached hydrogens (tertiary/aromatic N) is 2. The number of hydrogen-bond acceptors (Lipinski definition) is 1. The minimum atomic E-state index is -0.608. The first-order chi connectivity index (χ1) is 64.0. The Kier molecular flexibility index (Phi) is 20.4. The molecule has 0 saturated carbocycles. The van der Waals surface area contributed by atoms with Gasteiger partial charge >= 0.3 is 0 Å². The second-order valence-corrected chi connectivity index (χ2v) is 35.1. The standard InChI is InChI=1S/C128H94N2/c1-7-86-31-40-95(41-32-86)101-79-102(96-42-33-87(8-2)34-43-96)82-105(81-101)99-52-64-109(65-53-99)127(121-26-16-11-21-115(121)116-22-12-17-27-122(116)127)107-60-48-91(49-61-107)93-56-68-111(69-57-93)129(113-72-74-114(75-73-113)130-125-30-20-15-25-119(125)120-76-39-90(77-85(5)6)78-126(120)130)112-70-58-94(59-71-112)92-50-62-108(63-51-92)128(123-28-18-13-23-117(123)118-24-14-19-29-124(118)128)110-66-54-100(55-67-110)106-83-103(97-44-35-88(9-3)36-45-97)80-104(84-106)98-46-37-89(10-4)38-47-98/h7-76,78-85H,1-4,77H2,5-6H3. The zero-order valence-corrected chi connectivity index (χ0v) is 73.0. The number of anilines is 3. The van der Waals surface area contributed by atoms with Crippen molar-refractivity contribution >= 4 is 63.2 Å². The Hall–Kier alpha value is -16.3. The predicted molar refractivity (Wildman–Crippen MR) is 552 cm³/mol. The average molecular weight is 1660 g/mol. The number of rotatable bonds is 22. The van der Waals surface area contributed by atoms with Crippen LogP contribution in [0.5, 0.6) is 0 Å². The van der Waals surface area contributed by atoms with Gasteiger partial charge in [0.15, 0.2) is 0 Å². The smallest absolute Gasteiger partial charge is 0.0713 e. The first kappa shape index (κ1) is 79.6. The molecule has 22 rings (SSSR count). The number of para-hydroxylation sites is 1. The Bertz CT molecular complexity index is 7130. The summed E-state index contributed by atoms with van der Waals surface area (Å²) in [5.74, 6) is 0.536. The van der Waals surface area contributed by atoms with Gasteiger partial charge in [0.1, 0.15) is 0 Å². The normalized spacial score (nSPS) is 12.6. The average Bonchev–Trinajstić information content (AvgIpc) is 1.52. The van der Waals surface area contributed by atoms with Crippen LogP contribution in [-0.2, 0) is 17.3 Å². The third-order valence-corrected chi connectivity index (χ3v) is 27.3. The summed E-state index contributed by atoms with van der Waals surface area (Å²) in [6.07, 6.45) is 8.61. The summed E-state index contributed by atoms with van der Waals surface area (Å²) in [5, 5.41) is 2.51. The minimum Gasteiger partial charge on any atom is -0.311 e. The molecule has 0 spiro atoms. The zero-order chi connectivity index (χ0) is 87.6. The van der Waals surface area contributed by atoms with Crippen LogP contribution < -0.4 is 4.90 Å². The molecular weight excluding hydrogens is 1570 g/mol. The number of fused-ring (bicyclic) bond motifs is 9. The van der Waals surface area contributed by atoms with Crippen LogP contribution in [0.3, 0.4) is 0 Å². The fourth-order valence-corrected chi connectivity index (χ4v) is 20.9. The van der Waals surface area contributed by atoms with E-state index in [0.29, 0.717) is 5.92 Å². The Labute approximate surface area is 762 Å². The number of hydrogen-bond donors (Lipinski definition) is 0. The molecule has 0 radical (unpaired) electrons. The topological polar surface area (TPSA) is 8.17 Å². The van der Waals surface area contributed by atoms with Gasteiger partial charge in [-0.25, -0.2) is 0 Å². The maximum atomic E-state index is 4.03. The molecule has 20 aromatic rings. The molecule has 130 heavy (non-hydrogen) atoms. The molecule has 0 unspecified atom stereocenters. The van der Waals surface area contributed by atoms with Crippen molar-refractivity contribution in [3.05, 3.63) is 541 Å². The molecule has 1 aromatic heterocycles. The molecule has 0 amide bonds. The van der Waals surface area contributed by atoms with E-state index in [0.717, 1.165) is 140 Å². The van der Waals surface area contributed by atoms with Crippen molar-refractivity contribution in [2.75, 3.05) is 4.90 Å². The van der Waals surface area contributed by atoms with Crippen LogP contribution in [0.2, 0.25) is 0 Å². The monoisotopic (exact) mass is 1660 g/mol. The van der Waals surface area contributed by atoms with Gasteiger partial charge in [0.25, 0.3) is 0 Å². The van der Waals surface area contributed by atoms with Gasteiger partial charge in [0, 0.05) is 33.5 Å². The highest BCUT2D eigenvalue weighted by Gasteiger charge is 2.48. The molecule has 2 aliphatic carbocycles. The lowest BCUT2D eigenvalue weighted by molar-refractivity contribution is 0.647. The van der Waals surface area contributed by atoms with E-state index in [-0.39, 0.29) is 0 Å². The molecule has 616 valence electrons. The molecule has 0 atom stereocenters. The quantitative estimate of drug-likeness (QED) is 0.0657. The highest BCUT2D eigenvalue weighted by Crippen LogP contribution is 2.59. The van der Waals surface area contributed by atoms with Gasteiger partial charge in [-0.2, -0.15) is 0 Å². The minimum absolute atomic E-state index is 0.536. The Morgan fingerprint density at radius 3 is 0.777 bits per heavy atom. The first-order valence-corrected chi connectivity index (χ1v) is 45.2. The molecule has 0 aliphatic heterocycles. The number of aromatic nitrogens is 1. The molecular formula is C128H94N2. The third kappa shape index (κ3) is 13.9. The van der Waals surface area contributed by atoms with Gasteiger partial charge in [-0.3, -0.25) is 0 Å². The van der Waals surface area contributed by atoms with Crippen molar-refractivity contribution in [3.63, 3.8) is 0 Å². The molecule has 0 fully saturated rings. The maximum Gasteiger partial charge on any atom is 0.0713 e. The largest absolute Gasteiger partial charge is 0.311 e.